The summed E-state index contributed by atoms with van der Waals surface area (Å²) in [6.45, 7) is 0. The van der Waals surface area contributed by atoms with E-state index in [1.54, 1.807) is 7.05 Å². The van der Waals surface area contributed by atoms with Crippen LogP contribution in [0.4, 0.5) is 10.2 Å². The van der Waals surface area contributed by atoms with E-state index in [1.807, 2.05) is 0 Å². The number of hydrazone groups is 1. The molecule has 1 aromatic heterocycles. The summed E-state index contributed by atoms with van der Waals surface area (Å²) in [6, 6.07) is 1.07. The highest BCUT2D eigenvalue weighted by Gasteiger charge is 2.14. The first kappa shape index (κ1) is 11.9. The summed E-state index contributed by atoms with van der Waals surface area (Å²) in [5.74, 6) is -0.704. The number of anilines is 1. The summed E-state index contributed by atoms with van der Waals surface area (Å²) < 4.78 is 18.0. The zero-order valence-corrected chi connectivity index (χ0v) is 8.91. The molecule has 0 amide bonds. The first-order chi connectivity index (χ1) is 7.60. The third-order valence-electron chi connectivity index (χ3n) is 1.79. The lowest BCUT2D eigenvalue weighted by Gasteiger charge is -2.09. The number of methoxy groups -OCH3 is 1. The Bertz CT molecular complexity index is 432. The summed E-state index contributed by atoms with van der Waals surface area (Å²) in [5.41, 5.74) is 8.12. The van der Waals surface area contributed by atoms with Crippen molar-refractivity contribution in [3.8, 4) is 5.75 Å². The van der Waals surface area contributed by atoms with Gasteiger partial charge in [0, 0.05) is 13.1 Å². The first-order valence-electron chi connectivity index (χ1n) is 4.39. The molecule has 0 atom stereocenters. The van der Waals surface area contributed by atoms with Gasteiger partial charge in [-0.15, -0.1) is 0 Å². The molecule has 0 fully saturated rings. The highest BCUT2D eigenvalue weighted by molar-refractivity contribution is 6.37. The van der Waals surface area contributed by atoms with Crippen molar-refractivity contribution in [1.29, 1.82) is 5.41 Å². The fraction of sp³-hybridized carbons (Fsp3) is 0.222. The number of ether oxygens (including phenoxy) is 1. The molecule has 7 heteroatoms. The molecule has 1 rings (SSSR count). The van der Waals surface area contributed by atoms with Crippen LogP contribution in [0.3, 0.4) is 0 Å². The van der Waals surface area contributed by atoms with E-state index in [9.17, 15) is 4.39 Å². The predicted molar refractivity (Wildman–Crippen MR) is 59.5 cm³/mol. The van der Waals surface area contributed by atoms with Gasteiger partial charge in [0.2, 0.25) is 5.95 Å². The zero-order chi connectivity index (χ0) is 12.1. The largest absolute Gasteiger partial charge is 0.492 e. The van der Waals surface area contributed by atoms with Crippen LogP contribution < -0.4 is 15.9 Å². The smallest absolute Gasteiger partial charge is 0.215 e. The molecule has 0 spiro atoms. The Morgan fingerprint density at radius 2 is 2.44 bits per heavy atom. The standard InChI is InChI=1S/C9H12FN5O/c1-13-14-4-6(11)5-3-7(10)15-9(12)8(5)16-2/h3-4,11,13H,1-2H3,(H2,12,15)/b11-6?,14-4-. The lowest BCUT2D eigenvalue weighted by atomic mass is 10.1. The summed E-state index contributed by atoms with van der Waals surface area (Å²) >= 11 is 0. The minimum Gasteiger partial charge on any atom is -0.492 e. The van der Waals surface area contributed by atoms with Crippen LogP contribution in [0.25, 0.3) is 0 Å². The number of rotatable bonds is 4. The van der Waals surface area contributed by atoms with Gasteiger partial charge in [-0.25, -0.2) is 0 Å². The van der Waals surface area contributed by atoms with Crippen molar-refractivity contribution in [1.82, 2.24) is 10.4 Å². The Labute approximate surface area is 91.8 Å². The molecule has 1 heterocycles. The van der Waals surface area contributed by atoms with Crippen LogP contribution in [-0.2, 0) is 0 Å². The highest BCUT2D eigenvalue weighted by atomic mass is 19.1. The number of halogens is 1. The number of nitrogens with one attached hydrogen (secondary N) is 2. The van der Waals surface area contributed by atoms with Crippen LogP contribution in [0.1, 0.15) is 5.56 Å². The Morgan fingerprint density at radius 3 is 3.00 bits per heavy atom. The number of hydrogen-bond acceptors (Lipinski definition) is 6. The van der Waals surface area contributed by atoms with Crippen molar-refractivity contribution < 1.29 is 9.13 Å². The van der Waals surface area contributed by atoms with Crippen molar-refractivity contribution in [3.05, 3.63) is 17.6 Å². The van der Waals surface area contributed by atoms with Gasteiger partial charge in [-0.2, -0.15) is 14.5 Å². The third-order valence-corrected chi connectivity index (χ3v) is 1.79. The number of aromatic nitrogens is 1. The maximum Gasteiger partial charge on any atom is 0.215 e. The van der Waals surface area contributed by atoms with Crippen molar-refractivity contribution in [2.75, 3.05) is 19.9 Å². The molecule has 0 aromatic carbocycles. The molecule has 0 radical (unpaired) electrons. The molecular weight excluding hydrogens is 213 g/mol. The molecule has 0 saturated carbocycles. The van der Waals surface area contributed by atoms with Crippen LogP contribution in [0.5, 0.6) is 5.75 Å². The molecule has 4 N–H and O–H groups in total. The quantitative estimate of drug-likeness (QED) is 0.392. The van der Waals surface area contributed by atoms with Gasteiger partial charge in [0.15, 0.2) is 11.6 Å². The molecular formula is C9H12FN5O. The summed E-state index contributed by atoms with van der Waals surface area (Å²) in [5, 5.41) is 11.3. The van der Waals surface area contributed by atoms with Crippen LogP contribution in [0.2, 0.25) is 0 Å². The average molecular weight is 225 g/mol. The van der Waals surface area contributed by atoms with Crippen LogP contribution in [0, 0.1) is 11.4 Å². The van der Waals surface area contributed by atoms with E-state index in [1.165, 1.54) is 13.3 Å². The van der Waals surface area contributed by atoms with Gasteiger partial charge < -0.3 is 15.9 Å². The van der Waals surface area contributed by atoms with E-state index < -0.39 is 5.95 Å². The Hall–Kier alpha value is -2.18. The minimum atomic E-state index is -0.768. The molecule has 0 saturated heterocycles. The lowest BCUT2D eigenvalue weighted by molar-refractivity contribution is 0.412. The van der Waals surface area contributed by atoms with Crippen LogP contribution in [-0.4, -0.2) is 31.1 Å². The third kappa shape index (κ3) is 2.44. The van der Waals surface area contributed by atoms with E-state index in [-0.39, 0.29) is 22.8 Å². The summed E-state index contributed by atoms with van der Waals surface area (Å²) in [7, 11) is 2.96. The topological polar surface area (TPSA) is 96.4 Å². The maximum absolute atomic E-state index is 13.0. The number of nitrogens with two attached hydrogens (primary N) is 1. The molecule has 0 bridgehead atoms. The van der Waals surface area contributed by atoms with Crippen LogP contribution in [0.15, 0.2) is 11.2 Å². The molecule has 6 nitrogen and oxygen atoms in total. The van der Waals surface area contributed by atoms with Gasteiger partial charge in [-0.3, -0.25) is 5.41 Å². The van der Waals surface area contributed by atoms with Gasteiger partial charge in [0.25, 0.3) is 0 Å². The molecule has 0 aliphatic heterocycles. The monoisotopic (exact) mass is 225 g/mol. The lowest BCUT2D eigenvalue weighted by Crippen LogP contribution is -2.10. The Balaban J connectivity index is 3.20. The Kier molecular flexibility index (Phi) is 3.76. The van der Waals surface area contributed by atoms with Gasteiger partial charge in [0.1, 0.15) is 0 Å². The number of nitrogen functional groups attached to an aromatic ring is 1. The number of nitrogens with zero attached hydrogens (tertiary/aromatic N) is 2. The molecule has 1 aromatic rings. The second-order valence-corrected chi connectivity index (χ2v) is 2.81. The second-order valence-electron chi connectivity index (χ2n) is 2.81. The zero-order valence-electron chi connectivity index (χ0n) is 8.91. The predicted octanol–water partition coefficient (Wildman–Crippen LogP) is 0.385. The van der Waals surface area contributed by atoms with Crippen molar-refractivity contribution in [2.24, 2.45) is 5.10 Å². The molecule has 0 aliphatic carbocycles. The van der Waals surface area contributed by atoms with E-state index >= 15 is 0 Å². The fourth-order valence-corrected chi connectivity index (χ4v) is 1.13. The van der Waals surface area contributed by atoms with Crippen molar-refractivity contribution >= 4 is 17.7 Å². The van der Waals surface area contributed by atoms with E-state index in [4.69, 9.17) is 15.9 Å². The summed E-state index contributed by atoms with van der Waals surface area (Å²) in [6.07, 6.45) is 1.22. The Morgan fingerprint density at radius 1 is 1.75 bits per heavy atom. The van der Waals surface area contributed by atoms with Crippen molar-refractivity contribution in [3.63, 3.8) is 0 Å². The van der Waals surface area contributed by atoms with Gasteiger partial charge in [-0.1, -0.05) is 0 Å². The average Bonchev–Trinajstić information content (AvgIpc) is 2.24. The number of pyridine rings is 1. The molecule has 86 valence electrons. The van der Waals surface area contributed by atoms with Gasteiger partial charge >= 0.3 is 0 Å². The maximum atomic E-state index is 13.0. The van der Waals surface area contributed by atoms with Crippen molar-refractivity contribution in [2.45, 2.75) is 0 Å². The highest BCUT2D eigenvalue weighted by Crippen LogP contribution is 2.24. The second kappa shape index (κ2) is 5.06. The first-order valence-corrected chi connectivity index (χ1v) is 4.39. The molecule has 0 aliphatic rings. The van der Waals surface area contributed by atoms with E-state index in [0.717, 1.165) is 6.07 Å². The van der Waals surface area contributed by atoms with Gasteiger partial charge in [-0.05, 0) is 0 Å². The SMILES string of the molecule is CN/N=C\C(=N)c1cc(F)nc(N)c1OC. The normalized spacial score (nSPS) is 10.4. The number of hydrogen-bond donors (Lipinski definition) is 3. The summed E-state index contributed by atoms with van der Waals surface area (Å²) in [4.78, 5) is 3.40. The van der Waals surface area contributed by atoms with Gasteiger partial charge in [0.05, 0.1) is 24.6 Å². The molecule has 0 unspecified atom stereocenters. The van der Waals surface area contributed by atoms with E-state index in [0.29, 0.717) is 0 Å². The van der Waals surface area contributed by atoms with E-state index in [2.05, 4.69) is 15.5 Å². The minimum absolute atomic E-state index is 0.0285. The fourth-order valence-electron chi connectivity index (χ4n) is 1.13. The van der Waals surface area contributed by atoms with Crippen LogP contribution >= 0.6 is 0 Å². The molecule has 16 heavy (non-hydrogen) atoms.